The topological polar surface area (TPSA) is 97.8 Å². The molecule has 2 atom stereocenters. The van der Waals surface area contributed by atoms with Gasteiger partial charge >= 0.3 is 12.1 Å². The number of nitrogens with one attached hydrogen (secondary N) is 1. The lowest BCUT2D eigenvalue weighted by molar-refractivity contribution is -0.153. The molecule has 5 rings (SSSR count). The van der Waals surface area contributed by atoms with Gasteiger partial charge in [-0.15, -0.1) is 11.8 Å². The van der Waals surface area contributed by atoms with Crippen LogP contribution in [0.4, 0.5) is 4.79 Å². The second kappa shape index (κ2) is 12.0. The molecule has 8 nitrogen and oxygen atoms in total. The summed E-state index contributed by atoms with van der Waals surface area (Å²) in [5, 5.41) is 2.20. The van der Waals surface area contributed by atoms with Gasteiger partial charge in [0.2, 0.25) is 0 Å². The number of carbonyl (C=O) groups excluding carboxylic acids is 3. The Balaban J connectivity index is 1.47. The van der Waals surface area contributed by atoms with E-state index in [-0.39, 0.29) is 5.70 Å². The summed E-state index contributed by atoms with van der Waals surface area (Å²) in [5.74, 6) is -0.588. The SMILES string of the molecule is CC(C)(C)OC(=O)N[C@@H]1C(=O)N2C(C(=O)OC(c3ccccc3)c3ccccc3)=C(/C=C\c3cccnc3)CS[C@H]12. The number of allylic oxidation sites excluding steroid dienone is 1. The number of fused-ring (bicyclic) bond motifs is 1. The molecule has 0 radical (unpaired) electrons. The summed E-state index contributed by atoms with van der Waals surface area (Å²) in [5.41, 5.74) is 2.56. The first kappa shape index (κ1) is 28.2. The minimum absolute atomic E-state index is 0.165. The van der Waals surface area contributed by atoms with Gasteiger partial charge in [-0.3, -0.25) is 14.7 Å². The fraction of sp³-hybridized carbons (Fsp3) is 0.250. The van der Waals surface area contributed by atoms with Gasteiger partial charge in [-0.25, -0.2) is 9.59 Å². The van der Waals surface area contributed by atoms with Crippen molar-refractivity contribution in [1.29, 1.82) is 0 Å². The molecule has 1 saturated heterocycles. The van der Waals surface area contributed by atoms with E-state index in [0.717, 1.165) is 16.7 Å². The average Bonchev–Trinajstić information content (AvgIpc) is 2.97. The van der Waals surface area contributed by atoms with Crippen molar-refractivity contribution in [2.75, 3.05) is 5.75 Å². The monoisotopic (exact) mass is 569 g/mol. The van der Waals surface area contributed by atoms with Gasteiger partial charge in [0.1, 0.15) is 22.7 Å². The maximum Gasteiger partial charge on any atom is 0.408 e. The highest BCUT2D eigenvalue weighted by atomic mass is 32.2. The van der Waals surface area contributed by atoms with E-state index in [2.05, 4.69) is 10.3 Å². The number of hydrogen-bond acceptors (Lipinski definition) is 7. The zero-order valence-corrected chi connectivity index (χ0v) is 23.8. The molecule has 0 bridgehead atoms. The smallest absolute Gasteiger partial charge is 0.408 e. The van der Waals surface area contributed by atoms with Crippen molar-refractivity contribution in [3.63, 3.8) is 0 Å². The average molecular weight is 570 g/mol. The van der Waals surface area contributed by atoms with Crippen LogP contribution >= 0.6 is 11.8 Å². The minimum atomic E-state index is -0.819. The van der Waals surface area contributed by atoms with Crippen LogP contribution in [0.2, 0.25) is 0 Å². The number of ether oxygens (including phenoxy) is 2. The lowest BCUT2D eigenvalue weighted by Crippen LogP contribution is -2.70. The molecule has 2 aliphatic rings. The number of esters is 1. The van der Waals surface area contributed by atoms with E-state index in [4.69, 9.17) is 9.47 Å². The summed E-state index contributed by atoms with van der Waals surface area (Å²) >= 11 is 1.46. The highest BCUT2D eigenvalue weighted by Crippen LogP contribution is 2.42. The van der Waals surface area contributed by atoms with Crippen LogP contribution in [-0.2, 0) is 19.1 Å². The molecule has 2 amide bonds. The Morgan fingerprint density at radius 1 is 1.00 bits per heavy atom. The minimum Gasteiger partial charge on any atom is -0.448 e. The Bertz CT molecular complexity index is 1430. The van der Waals surface area contributed by atoms with Crippen molar-refractivity contribution < 1.29 is 23.9 Å². The molecule has 1 N–H and O–H groups in total. The summed E-state index contributed by atoms with van der Waals surface area (Å²) in [6.45, 7) is 5.26. The maximum absolute atomic E-state index is 14.0. The molecular formula is C32H31N3O5S. The lowest BCUT2D eigenvalue weighted by Gasteiger charge is -2.49. The van der Waals surface area contributed by atoms with Crippen LogP contribution in [0.25, 0.3) is 6.08 Å². The van der Waals surface area contributed by atoms with E-state index in [1.807, 2.05) is 84.9 Å². The number of aromatic nitrogens is 1. The van der Waals surface area contributed by atoms with Gasteiger partial charge in [-0.05, 0) is 49.1 Å². The van der Waals surface area contributed by atoms with Crippen molar-refractivity contribution in [2.45, 2.75) is 43.9 Å². The van der Waals surface area contributed by atoms with Crippen LogP contribution in [0.15, 0.2) is 103 Å². The van der Waals surface area contributed by atoms with Crippen molar-refractivity contribution in [3.05, 3.63) is 119 Å². The van der Waals surface area contributed by atoms with Gasteiger partial charge in [0.05, 0.1) is 0 Å². The summed E-state index contributed by atoms with van der Waals surface area (Å²) in [6, 6.07) is 21.9. The van der Waals surface area contributed by atoms with Crippen LogP contribution in [-0.4, -0.2) is 50.6 Å². The molecule has 2 aromatic carbocycles. The highest BCUT2D eigenvalue weighted by molar-refractivity contribution is 8.00. The number of alkyl carbamates (subject to hydrolysis) is 1. The van der Waals surface area contributed by atoms with Crippen molar-refractivity contribution in [2.24, 2.45) is 0 Å². The first-order valence-electron chi connectivity index (χ1n) is 13.3. The van der Waals surface area contributed by atoms with Crippen LogP contribution in [0.1, 0.15) is 43.6 Å². The number of carbonyl (C=O) groups is 3. The molecule has 0 spiro atoms. The Kier molecular flexibility index (Phi) is 8.26. The van der Waals surface area contributed by atoms with Gasteiger partial charge < -0.3 is 14.8 Å². The number of hydrogen-bond donors (Lipinski definition) is 1. The highest BCUT2D eigenvalue weighted by Gasteiger charge is 2.54. The fourth-order valence-electron chi connectivity index (χ4n) is 4.61. The normalized spacial score (nSPS) is 18.6. The number of amides is 2. The number of nitrogens with zero attached hydrogens (tertiary/aromatic N) is 2. The molecule has 210 valence electrons. The summed E-state index contributed by atoms with van der Waals surface area (Å²) in [4.78, 5) is 45.4. The van der Waals surface area contributed by atoms with Gasteiger partial charge in [0.15, 0.2) is 6.10 Å². The van der Waals surface area contributed by atoms with Gasteiger partial charge in [-0.1, -0.05) is 78.9 Å². The van der Waals surface area contributed by atoms with Crippen molar-refractivity contribution >= 4 is 35.8 Å². The molecule has 41 heavy (non-hydrogen) atoms. The number of rotatable bonds is 7. The van der Waals surface area contributed by atoms with Gasteiger partial charge in [-0.2, -0.15) is 0 Å². The molecule has 1 fully saturated rings. The quantitative estimate of drug-likeness (QED) is 0.297. The van der Waals surface area contributed by atoms with Crippen LogP contribution in [0, 0.1) is 0 Å². The fourth-order valence-corrected chi connectivity index (χ4v) is 5.93. The Morgan fingerprint density at radius 3 is 2.24 bits per heavy atom. The number of thioether (sulfide) groups is 1. The second-order valence-corrected chi connectivity index (χ2v) is 11.7. The van der Waals surface area contributed by atoms with E-state index < -0.39 is 41.1 Å². The number of β-lactam (4-membered cyclic amide) rings is 1. The van der Waals surface area contributed by atoms with Gasteiger partial charge in [0, 0.05) is 18.1 Å². The second-order valence-electron chi connectivity index (χ2n) is 10.6. The summed E-state index contributed by atoms with van der Waals surface area (Å²) in [7, 11) is 0. The summed E-state index contributed by atoms with van der Waals surface area (Å²) in [6.07, 6.45) is 5.71. The first-order chi connectivity index (χ1) is 19.7. The van der Waals surface area contributed by atoms with Crippen LogP contribution < -0.4 is 5.32 Å². The molecule has 1 aromatic heterocycles. The van der Waals surface area contributed by atoms with E-state index >= 15 is 0 Å². The lowest BCUT2D eigenvalue weighted by atomic mass is 10.0. The summed E-state index contributed by atoms with van der Waals surface area (Å²) < 4.78 is 11.5. The van der Waals surface area contributed by atoms with Crippen LogP contribution in [0.5, 0.6) is 0 Å². The van der Waals surface area contributed by atoms with E-state index in [9.17, 15) is 14.4 Å². The third-order valence-corrected chi connectivity index (χ3v) is 7.76. The largest absolute Gasteiger partial charge is 0.448 e. The third-order valence-electron chi connectivity index (χ3n) is 6.45. The maximum atomic E-state index is 14.0. The molecule has 0 unspecified atom stereocenters. The predicted octanol–water partition coefficient (Wildman–Crippen LogP) is 5.49. The molecule has 9 heteroatoms. The van der Waals surface area contributed by atoms with E-state index in [1.165, 1.54) is 16.7 Å². The predicted molar refractivity (Wildman–Crippen MR) is 157 cm³/mol. The molecular weight excluding hydrogens is 538 g/mol. The van der Waals surface area contributed by atoms with Crippen molar-refractivity contribution in [1.82, 2.24) is 15.2 Å². The molecule has 3 aromatic rings. The molecule has 0 aliphatic carbocycles. The zero-order chi connectivity index (χ0) is 29.0. The van der Waals surface area contributed by atoms with E-state index in [0.29, 0.717) is 11.3 Å². The zero-order valence-electron chi connectivity index (χ0n) is 23.0. The Hall–Kier alpha value is -4.37. The van der Waals surface area contributed by atoms with Gasteiger partial charge in [0.25, 0.3) is 5.91 Å². The molecule has 2 aliphatic heterocycles. The molecule has 0 saturated carbocycles. The standard InChI is InChI=1S/C32H31N3O5S/c1-32(2,3)40-31(38)34-25-28(36)35-26(24(20-41-29(25)35)17-16-21-11-10-18-33-19-21)30(37)39-27(22-12-6-4-7-13-22)23-14-8-5-9-15-23/h4-19,25,27,29H,20H2,1-3H3,(H,34,38)/b17-16-/t25-,29-/m1/s1. The Labute approximate surface area is 243 Å². The molecule has 3 heterocycles. The number of benzene rings is 2. The van der Waals surface area contributed by atoms with Crippen LogP contribution in [0.3, 0.4) is 0 Å². The third kappa shape index (κ3) is 6.52. The first-order valence-corrected chi connectivity index (χ1v) is 14.3. The van der Waals surface area contributed by atoms with E-state index in [1.54, 1.807) is 33.2 Å². The Morgan fingerprint density at radius 2 is 1.66 bits per heavy atom. The number of pyridine rings is 1. The van der Waals surface area contributed by atoms with Crippen molar-refractivity contribution in [3.8, 4) is 0 Å².